The first kappa shape index (κ1) is 22.2. The molecule has 0 atom stereocenters. The number of halogens is 4. The van der Waals surface area contributed by atoms with E-state index in [0.717, 1.165) is 11.8 Å². The summed E-state index contributed by atoms with van der Waals surface area (Å²) in [5.41, 5.74) is 1.19. The number of hydrogen-bond acceptors (Lipinski definition) is 5. The van der Waals surface area contributed by atoms with Crippen LogP contribution < -0.4 is 5.32 Å². The van der Waals surface area contributed by atoms with Gasteiger partial charge in [0.15, 0.2) is 16.8 Å². The first-order valence-electron chi connectivity index (χ1n) is 9.12. The largest absolute Gasteiger partial charge is 0.309 e. The number of hydrogen-bond donors (Lipinski definition) is 1. The SMILES string of the molecule is O=C(CSc1nnc(-c2ccc(F)cc2)n1-c1ccc(F)cc1)Nc1ncc(Cl)cc1Cl. The smallest absolute Gasteiger partial charge is 0.236 e. The van der Waals surface area contributed by atoms with Crippen molar-refractivity contribution >= 4 is 46.7 Å². The molecule has 2 aromatic heterocycles. The van der Waals surface area contributed by atoms with Crippen LogP contribution in [0.3, 0.4) is 0 Å². The van der Waals surface area contributed by atoms with Crippen molar-refractivity contribution in [2.75, 3.05) is 11.1 Å². The molecule has 2 aromatic carbocycles. The number of carbonyl (C=O) groups excluding carboxylic acids is 1. The highest BCUT2D eigenvalue weighted by Crippen LogP contribution is 2.29. The predicted octanol–water partition coefficient (Wildman–Crippen LogP) is 5.65. The lowest BCUT2D eigenvalue weighted by Crippen LogP contribution is -2.15. The molecule has 162 valence electrons. The topological polar surface area (TPSA) is 72.7 Å². The number of rotatable bonds is 6. The van der Waals surface area contributed by atoms with Gasteiger partial charge in [0.25, 0.3) is 0 Å². The van der Waals surface area contributed by atoms with Gasteiger partial charge in [-0.05, 0) is 54.6 Å². The zero-order chi connectivity index (χ0) is 22.7. The Bertz CT molecular complexity index is 1270. The number of nitrogens with one attached hydrogen (secondary N) is 1. The maximum atomic E-state index is 13.4. The summed E-state index contributed by atoms with van der Waals surface area (Å²) in [5, 5.41) is 11.9. The van der Waals surface area contributed by atoms with Crippen LogP contribution in [-0.4, -0.2) is 31.4 Å². The Morgan fingerprint density at radius 2 is 1.66 bits per heavy atom. The quantitative estimate of drug-likeness (QED) is 0.353. The van der Waals surface area contributed by atoms with E-state index in [-0.39, 0.29) is 28.3 Å². The van der Waals surface area contributed by atoms with Gasteiger partial charge in [-0.2, -0.15) is 0 Å². The van der Waals surface area contributed by atoms with Gasteiger partial charge in [-0.3, -0.25) is 9.36 Å². The van der Waals surface area contributed by atoms with E-state index in [2.05, 4.69) is 20.5 Å². The fourth-order valence-electron chi connectivity index (χ4n) is 2.78. The van der Waals surface area contributed by atoms with Crippen LogP contribution in [0.1, 0.15) is 0 Å². The van der Waals surface area contributed by atoms with E-state index in [1.165, 1.54) is 36.5 Å². The van der Waals surface area contributed by atoms with E-state index in [0.29, 0.717) is 27.3 Å². The van der Waals surface area contributed by atoms with E-state index < -0.39 is 5.82 Å². The lowest BCUT2D eigenvalue weighted by Gasteiger charge is -2.11. The molecule has 2 heterocycles. The van der Waals surface area contributed by atoms with E-state index in [1.807, 2.05) is 0 Å². The van der Waals surface area contributed by atoms with Gasteiger partial charge in [-0.15, -0.1) is 10.2 Å². The Hall–Kier alpha value is -3.01. The van der Waals surface area contributed by atoms with E-state index >= 15 is 0 Å². The number of aromatic nitrogens is 4. The predicted molar refractivity (Wildman–Crippen MR) is 120 cm³/mol. The zero-order valence-corrected chi connectivity index (χ0v) is 18.4. The number of anilines is 1. The summed E-state index contributed by atoms with van der Waals surface area (Å²) in [5.74, 6) is -0.573. The number of pyridine rings is 1. The lowest BCUT2D eigenvalue weighted by atomic mass is 10.2. The monoisotopic (exact) mass is 491 g/mol. The van der Waals surface area contributed by atoms with E-state index in [1.54, 1.807) is 28.8 Å². The van der Waals surface area contributed by atoms with Crippen LogP contribution in [0.4, 0.5) is 14.6 Å². The molecule has 4 rings (SSSR count). The van der Waals surface area contributed by atoms with Crippen LogP contribution in [0.2, 0.25) is 10.0 Å². The molecular formula is C21H13Cl2F2N5OS. The molecule has 0 aliphatic heterocycles. The third-order valence-corrected chi connectivity index (χ3v) is 5.64. The van der Waals surface area contributed by atoms with Crippen molar-refractivity contribution in [3.05, 3.63) is 82.5 Å². The molecule has 4 aromatic rings. The number of nitrogens with zero attached hydrogens (tertiary/aromatic N) is 4. The average Bonchev–Trinajstić information content (AvgIpc) is 3.19. The molecule has 0 saturated heterocycles. The summed E-state index contributed by atoms with van der Waals surface area (Å²) in [6.45, 7) is 0. The van der Waals surface area contributed by atoms with Gasteiger partial charge >= 0.3 is 0 Å². The summed E-state index contributed by atoms with van der Waals surface area (Å²) >= 11 is 13.0. The Morgan fingerprint density at radius 1 is 1.00 bits per heavy atom. The van der Waals surface area contributed by atoms with Gasteiger partial charge in [0, 0.05) is 17.4 Å². The molecule has 0 aliphatic carbocycles. The number of carbonyl (C=O) groups is 1. The molecule has 0 fully saturated rings. The molecular weight excluding hydrogens is 479 g/mol. The summed E-state index contributed by atoms with van der Waals surface area (Å²) in [6.07, 6.45) is 1.37. The standard InChI is InChI=1S/C21H13Cl2F2N5OS/c22-13-9-17(23)19(26-10-13)27-18(31)11-32-21-29-28-20(12-1-3-14(24)4-2-12)30(21)16-7-5-15(25)6-8-16/h1-10H,11H2,(H,26,27,31). The minimum atomic E-state index is -0.397. The first-order chi connectivity index (χ1) is 15.4. The molecule has 1 N–H and O–H groups in total. The molecule has 0 spiro atoms. The lowest BCUT2D eigenvalue weighted by molar-refractivity contribution is -0.113. The van der Waals surface area contributed by atoms with Gasteiger partial charge in [-0.25, -0.2) is 13.8 Å². The summed E-state index contributed by atoms with van der Waals surface area (Å²) in [6, 6.07) is 12.9. The third kappa shape index (κ3) is 5.07. The molecule has 0 radical (unpaired) electrons. The van der Waals surface area contributed by atoms with Crippen molar-refractivity contribution < 1.29 is 13.6 Å². The van der Waals surface area contributed by atoms with Crippen molar-refractivity contribution in [2.45, 2.75) is 5.16 Å². The summed E-state index contributed by atoms with van der Waals surface area (Å²) in [7, 11) is 0. The van der Waals surface area contributed by atoms with Crippen molar-refractivity contribution in [2.24, 2.45) is 0 Å². The van der Waals surface area contributed by atoms with Crippen molar-refractivity contribution in [3.63, 3.8) is 0 Å². The highest BCUT2D eigenvalue weighted by atomic mass is 35.5. The van der Waals surface area contributed by atoms with Crippen LogP contribution in [0.5, 0.6) is 0 Å². The van der Waals surface area contributed by atoms with Gasteiger partial charge in [0.05, 0.1) is 15.8 Å². The van der Waals surface area contributed by atoms with Crippen LogP contribution >= 0.6 is 35.0 Å². The summed E-state index contributed by atoms with van der Waals surface area (Å²) in [4.78, 5) is 16.4. The Morgan fingerprint density at radius 3 is 2.31 bits per heavy atom. The maximum absolute atomic E-state index is 13.4. The second-order valence-electron chi connectivity index (χ2n) is 6.45. The minimum Gasteiger partial charge on any atom is -0.309 e. The van der Waals surface area contributed by atoms with Crippen molar-refractivity contribution in [3.8, 4) is 17.1 Å². The number of benzene rings is 2. The first-order valence-corrected chi connectivity index (χ1v) is 10.9. The highest BCUT2D eigenvalue weighted by molar-refractivity contribution is 7.99. The third-order valence-electron chi connectivity index (χ3n) is 4.22. The molecule has 0 aliphatic rings. The minimum absolute atomic E-state index is 0.0244. The Kier molecular flexibility index (Phi) is 6.69. The second-order valence-corrected chi connectivity index (χ2v) is 8.23. The van der Waals surface area contributed by atoms with E-state index in [4.69, 9.17) is 23.2 Å². The van der Waals surface area contributed by atoms with Crippen LogP contribution in [0, 0.1) is 11.6 Å². The van der Waals surface area contributed by atoms with Gasteiger partial charge in [0.1, 0.15) is 11.6 Å². The fraction of sp³-hybridized carbons (Fsp3) is 0.0476. The average molecular weight is 492 g/mol. The van der Waals surface area contributed by atoms with Crippen molar-refractivity contribution in [1.82, 2.24) is 19.7 Å². The molecule has 0 saturated carbocycles. The fourth-order valence-corrected chi connectivity index (χ4v) is 3.96. The van der Waals surface area contributed by atoms with Gasteiger partial charge < -0.3 is 5.32 Å². The van der Waals surface area contributed by atoms with Gasteiger partial charge in [-0.1, -0.05) is 35.0 Å². The van der Waals surface area contributed by atoms with Crippen LogP contribution in [0.25, 0.3) is 17.1 Å². The molecule has 0 bridgehead atoms. The normalized spacial score (nSPS) is 10.9. The molecule has 6 nitrogen and oxygen atoms in total. The van der Waals surface area contributed by atoms with Crippen molar-refractivity contribution in [1.29, 1.82) is 0 Å². The Balaban J connectivity index is 1.60. The molecule has 32 heavy (non-hydrogen) atoms. The zero-order valence-electron chi connectivity index (χ0n) is 16.1. The maximum Gasteiger partial charge on any atom is 0.236 e. The molecule has 0 unspecified atom stereocenters. The second kappa shape index (κ2) is 9.64. The highest BCUT2D eigenvalue weighted by Gasteiger charge is 2.18. The number of thioether (sulfide) groups is 1. The molecule has 1 amide bonds. The van der Waals surface area contributed by atoms with Crippen LogP contribution in [0.15, 0.2) is 66.0 Å². The molecule has 11 heteroatoms. The summed E-state index contributed by atoms with van der Waals surface area (Å²) < 4.78 is 28.5. The van der Waals surface area contributed by atoms with E-state index in [9.17, 15) is 13.6 Å². The van der Waals surface area contributed by atoms with Crippen LogP contribution in [-0.2, 0) is 4.79 Å². The van der Waals surface area contributed by atoms with Gasteiger partial charge in [0.2, 0.25) is 5.91 Å². The Labute approximate surface area is 195 Å². The number of amides is 1.